The Kier molecular flexibility index (Phi) is 9.61. The van der Waals surface area contributed by atoms with Crippen molar-refractivity contribution in [1.82, 2.24) is 10.6 Å². The predicted molar refractivity (Wildman–Crippen MR) is 141 cm³/mol. The van der Waals surface area contributed by atoms with E-state index < -0.39 is 0 Å². The normalized spacial score (nSPS) is 16.1. The van der Waals surface area contributed by atoms with Crippen molar-refractivity contribution in [2.75, 3.05) is 37.7 Å². The molecule has 33 heavy (non-hydrogen) atoms. The topological polar surface area (TPSA) is 69.1 Å². The molecule has 2 heterocycles. The number of hydrogen-bond acceptors (Lipinski definition) is 4. The van der Waals surface area contributed by atoms with Gasteiger partial charge in [-0.3, -0.25) is 0 Å². The standard InChI is InChI=1S/C25H33FN4O2.HI/c1-2-27-25(28-11-7-18-4-6-24-20(15-18)10-14-32-24)29-17-19-3-5-23(22(26)16-19)30-12-8-21(31)9-13-30;/h3-6,15-16,21,31H,2,7-14,17H2,1H3,(H2,27,28,29);1H. The monoisotopic (exact) mass is 568 g/mol. The van der Waals surface area contributed by atoms with E-state index in [9.17, 15) is 9.50 Å². The van der Waals surface area contributed by atoms with E-state index in [0.717, 1.165) is 49.8 Å². The van der Waals surface area contributed by atoms with Crippen molar-refractivity contribution in [1.29, 1.82) is 0 Å². The van der Waals surface area contributed by atoms with Gasteiger partial charge in [0.25, 0.3) is 0 Å². The third-order valence-corrected chi connectivity index (χ3v) is 6.04. The molecule has 4 rings (SSSR count). The lowest BCUT2D eigenvalue weighted by Crippen LogP contribution is -2.38. The van der Waals surface area contributed by atoms with Gasteiger partial charge in [-0.05, 0) is 61.1 Å². The molecule has 1 saturated heterocycles. The van der Waals surface area contributed by atoms with Crippen molar-refractivity contribution < 1.29 is 14.2 Å². The molecule has 2 aromatic rings. The summed E-state index contributed by atoms with van der Waals surface area (Å²) in [6.45, 7) is 6.10. The van der Waals surface area contributed by atoms with E-state index in [-0.39, 0.29) is 35.9 Å². The Bertz CT molecular complexity index is 948. The van der Waals surface area contributed by atoms with Gasteiger partial charge in [-0.1, -0.05) is 18.2 Å². The lowest BCUT2D eigenvalue weighted by atomic mass is 10.1. The third kappa shape index (κ3) is 6.96. The molecule has 0 radical (unpaired) electrons. The van der Waals surface area contributed by atoms with Crippen molar-refractivity contribution in [3.05, 3.63) is 58.9 Å². The van der Waals surface area contributed by atoms with Crippen LogP contribution in [0.1, 0.15) is 36.5 Å². The number of guanidine groups is 1. The summed E-state index contributed by atoms with van der Waals surface area (Å²) in [6, 6.07) is 11.7. The first kappa shape index (κ1) is 25.6. The van der Waals surface area contributed by atoms with E-state index in [2.05, 4.69) is 33.8 Å². The summed E-state index contributed by atoms with van der Waals surface area (Å²) in [5.74, 6) is 1.51. The molecule has 1 fully saturated rings. The van der Waals surface area contributed by atoms with E-state index in [0.29, 0.717) is 38.2 Å². The minimum Gasteiger partial charge on any atom is -0.493 e. The van der Waals surface area contributed by atoms with E-state index in [4.69, 9.17) is 4.74 Å². The first-order valence-corrected chi connectivity index (χ1v) is 11.6. The van der Waals surface area contributed by atoms with Crippen molar-refractivity contribution in [3.8, 4) is 5.75 Å². The molecule has 0 spiro atoms. The van der Waals surface area contributed by atoms with Crippen LogP contribution < -0.4 is 20.3 Å². The maximum absolute atomic E-state index is 14.7. The molecule has 180 valence electrons. The molecule has 0 bridgehead atoms. The number of fused-ring (bicyclic) bond motifs is 1. The number of ether oxygens (including phenoxy) is 1. The number of anilines is 1. The molecule has 6 nitrogen and oxygen atoms in total. The molecule has 2 aliphatic rings. The molecule has 0 unspecified atom stereocenters. The highest BCUT2D eigenvalue weighted by Gasteiger charge is 2.19. The van der Waals surface area contributed by atoms with Crippen LogP contribution >= 0.6 is 24.0 Å². The first-order chi connectivity index (χ1) is 15.6. The molecule has 0 amide bonds. The van der Waals surface area contributed by atoms with Crippen molar-refractivity contribution in [2.45, 2.75) is 45.3 Å². The van der Waals surface area contributed by atoms with Crippen LogP contribution in [0.4, 0.5) is 10.1 Å². The zero-order chi connectivity index (χ0) is 22.3. The maximum Gasteiger partial charge on any atom is 0.191 e. The highest BCUT2D eigenvalue weighted by Crippen LogP contribution is 2.26. The Balaban J connectivity index is 0.00000306. The zero-order valence-electron chi connectivity index (χ0n) is 19.1. The largest absolute Gasteiger partial charge is 0.493 e. The molecular formula is C25H34FIN4O2. The number of aliphatic hydroxyl groups excluding tert-OH is 1. The van der Waals surface area contributed by atoms with E-state index >= 15 is 0 Å². The minimum atomic E-state index is -0.267. The van der Waals surface area contributed by atoms with Crippen LogP contribution in [0.15, 0.2) is 41.4 Å². The van der Waals surface area contributed by atoms with Crippen LogP contribution in [0.3, 0.4) is 0 Å². The number of nitrogens with one attached hydrogen (secondary N) is 2. The molecular weight excluding hydrogens is 534 g/mol. The Morgan fingerprint density at radius 2 is 1.94 bits per heavy atom. The summed E-state index contributed by atoms with van der Waals surface area (Å²) in [6.07, 6.45) is 2.98. The summed E-state index contributed by atoms with van der Waals surface area (Å²) in [4.78, 5) is 6.63. The fourth-order valence-corrected chi connectivity index (χ4v) is 4.24. The smallest absolute Gasteiger partial charge is 0.191 e. The zero-order valence-corrected chi connectivity index (χ0v) is 21.5. The average molecular weight is 568 g/mol. The Morgan fingerprint density at radius 3 is 2.70 bits per heavy atom. The van der Waals surface area contributed by atoms with Gasteiger partial charge < -0.3 is 25.4 Å². The molecule has 0 aliphatic carbocycles. The van der Waals surface area contributed by atoms with E-state index in [1.165, 1.54) is 11.1 Å². The minimum absolute atomic E-state index is 0. The highest BCUT2D eigenvalue weighted by molar-refractivity contribution is 14.0. The van der Waals surface area contributed by atoms with Crippen LogP contribution in [-0.2, 0) is 19.4 Å². The molecule has 0 atom stereocenters. The predicted octanol–water partition coefficient (Wildman–Crippen LogP) is 3.64. The summed E-state index contributed by atoms with van der Waals surface area (Å²) >= 11 is 0. The second kappa shape index (κ2) is 12.4. The quantitative estimate of drug-likeness (QED) is 0.271. The fourth-order valence-electron chi connectivity index (χ4n) is 4.24. The number of halogens is 2. The highest BCUT2D eigenvalue weighted by atomic mass is 127. The van der Waals surface area contributed by atoms with Gasteiger partial charge >= 0.3 is 0 Å². The second-order valence-corrected chi connectivity index (χ2v) is 8.42. The summed E-state index contributed by atoms with van der Waals surface area (Å²) in [5, 5.41) is 16.3. The third-order valence-electron chi connectivity index (χ3n) is 6.04. The van der Waals surface area contributed by atoms with Gasteiger partial charge in [-0.2, -0.15) is 0 Å². The fraction of sp³-hybridized carbons (Fsp3) is 0.480. The number of piperidine rings is 1. The van der Waals surface area contributed by atoms with Crippen LogP contribution in [0.2, 0.25) is 0 Å². The van der Waals surface area contributed by atoms with Crippen LogP contribution in [-0.4, -0.2) is 50.0 Å². The average Bonchev–Trinajstić information content (AvgIpc) is 3.26. The first-order valence-electron chi connectivity index (χ1n) is 11.6. The molecule has 2 aliphatic heterocycles. The second-order valence-electron chi connectivity index (χ2n) is 8.42. The summed E-state index contributed by atoms with van der Waals surface area (Å²) in [5.41, 5.74) is 4.00. The number of aliphatic hydroxyl groups is 1. The maximum atomic E-state index is 14.7. The van der Waals surface area contributed by atoms with E-state index in [1.54, 1.807) is 6.07 Å². The summed E-state index contributed by atoms with van der Waals surface area (Å²) in [7, 11) is 0. The van der Waals surface area contributed by atoms with Crippen LogP contribution in [0.25, 0.3) is 0 Å². The molecule has 2 aromatic carbocycles. The Hall–Kier alpha value is -2.07. The van der Waals surface area contributed by atoms with Gasteiger partial charge in [-0.25, -0.2) is 9.38 Å². The summed E-state index contributed by atoms with van der Waals surface area (Å²) < 4.78 is 20.3. The van der Waals surface area contributed by atoms with Crippen molar-refractivity contribution in [3.63, 3.8) is 0 Å². The van der Waals surface area contributed by atoms with Gasteiger partial charge in [0.2, 0.25) is 0 Å². The lowest BCUT2D eigenvalue weighted by molar-refractivity contribution is 0.145. The molecule has 0 saturated carbocycles. The van der Waals surface area contributed by atoms with Gasteiger partial charge in [0.05, 0.1) is 24.9 Å². The van der Waals surface area contributed by atoms with Crippen LogP contribution in [0.5, 0.6) is 5.75 Å². The Labute approximate surface area is 212 Å². The van der Waals surface area contributed by atoms with E-state index in [1.807, 2.05) is 24.0 Å². The molecule has 0 aromatic heterocycles. The van der Waals surface area contributed by atoms with Crippen LogP contribution in [0, 0.1) is 5.82 Å². The van der Waals surface area contributed by atoms with Gasteiger partial charge in [0.1, 0.15) is 11.6 Å². The van der Waals surface area contributed by atoms with Crippen molar-refractivity contribution >= 4 is 35.6 Å². The van der Waals surface area contributed by atoms with Gasteiger partial charge in [0.15, 0.2) is 5.96 Å². The SMILES string of the molecule is CCNC(=NCc1ccc(N2CCC(O)CC2)c(F)c1)NCCc1ccc2c(c1)CCO2.I. The molecule has 8 heteroatoms. The lowest BCUT2D eigenvalue weighted by Gasteiger charge is -2.31. The number of benzene rings is 2. The number of hydrogen-bond donors (Lipinski definition) is 3. The number of nitrogens with zero attached hydrogens (tertiary/aromatic N) is 2. The van der Waals surface area contributed by atoms with Gasteiger partial charge in [-0.15, -0.1) is 24.0 Å². The van der Waals surface area contributed by atoms with Gasteiger partial charge in [0, 0.05) is 32.6 Å². The number of rotatable bonds is 7. The van der Waals surface area contributed by atoms with Crippen molar-refractivity contribution in [2.24, 2.45) is 4.99 Å². The Morgan fingerprint density at radius 1 is 1.15 bits per heavy atom. The molecule has 3 N–H and O–H groups in total. The number of aliphatic imine (C=N–C) groups is 1.